The molecule has 0 aliphatic carbocycles. The van der Waals surface area contributed by atoms with Crippen molar-refractivity contribution >= 4 is 5.97 Å². The van der Waals surface area contributed by atoms with Crippen LogP contribution in [0.15, 0.2) is 30.3 Å². The number of rotatable bonds is 7. The molecule has 1 aromatic rings. The van der Waals surface area contributed by atoms with Gasteiger partial charge in [-0.05, 0) is 31.4 Å². The van der Waals surface area contributed by atoms with Crippen molar-refractivity contribution in [3.63, 3.8) is 0 Å². The number of carbonyl (C=O) groups is 1. The van der Waals surface area contributed by atoms with E-state index in [4.69, 9.17) is 15.2 Å². The molecule has 0 fully saturated rings. The van der Waals surface area contributed by atoms with E-state index in [-0.39, 0.29) is 24.1 Å². The molecule has 1 aromatic carbocycles. The van der Waals surface area contributed by atoms with Gasteiger partial charge in [-0.2, -0.15) is 0 Å². The number of para-hydroxylation sites is 1. The molecule has 20 heavy (non-hydrogen) atoms. The van der Waals surface area contributed by atoms with Gasteiger partial charge in [0.15, 0.2) is 0 Å². The molecule has 4 nitrogen and oxygen atoms in total. The van der Waals surface area contributed by atoms with E-state index in [0.29, 0.717) is 6.42 Å². The van der Waals surface area contributed by atoms with Crippen LogP contribution >= 0.6 is 0 Å². The molecule has 0 unspecified atom stereocenters. The third kappa shape index (κ3) is 4.85. The molecule has 0 spiro atoms. The van der Waals surface area contributed by atoms with Crippen molar-refractivity contribution in [1.82, 2.24) is 0 Å². The predicted molar refractivity (Wildman–Crippen MR) is 79.5 cm³/mol. The number of hydrogen-bond donors (Lipinski definition) is 1. The lowest BCUT2D eigenvalue weighted by molar-refractivity contribution is -0.155. The minimum absolute atomic E-state index is 0.203. The largest absolute Gasteiger partial charge is 0.486 e. The Bertz CT molecular complexity index is 405. The second-order valence-corrected chi connectivity index (χ2v) is 5.30. The van der Waals surface area contributed by atoms with Crippen molar-refractivity contribution in [2.75, 3.05) is 0 Å². The highest BCUT2D eigenvalue weighted by Gasteiger charge is 2.27. The molecule has 112 valence electrons. The number of ether oxygens (including phenoxy) is 2. The summed E-state index contributed by atoms with van der Waals surface area (Å²) in [5.74, 6) is 0.618. The summed E-state index contributed by atoms with van der Waals surface area (Å²) < 4.78 is 11.3. The zero-order valence-corrected chi connectivity index (χ0v) is 12.7. The highest BCUT2D eigenvalue weighted by molar-refractivity contribution is 5.75. The second-order valence-electron chi connectivity index (χ2n) is 5.30. The maximum absolute atomic E-state index is 11.8. The summed E-state index contributed by atoms with van der Waals surface area (Å²) in [7, 11) is 0. The molecule has 4 heteroatoms. The first-order valence-corrected chi connectivity index (χ1v) is 7.13. The van der Waals surface area contributed by atoms with E-state index in [1.165, 1.54) is 0 Å². The van der Waals surface area contributed by atoms with Crippen LogP contribution in [0.25, 0.3) is 0 Å². The summed E-state index contributed by atoms with van der Waals surface area (Å²) in [4.78, 5) is 11.8. The first kappa shape index (κ1) is 16.5. The van der Waals surface area contributed by atoms with E-state index in [1.54, 1.807) is 0 Å². The zero-order valence-electron chi connectivity index (χ0n) is 12.7. The second kappa shape index (κ2) is 7.90. The average Bonchev–Trinajstić information content (AvgIpc) is 2.44. The maximum Gasteiger partial charge on any atom is 0.323 e. The van der Waals surface area contributed by atoms with Crippen LogP contribution in [0, 0.1) is 5.92 Å². The summed E-state index contributed by atoms with van der Waals surface area (Å²) in [5.41, 5.74) is 5.68. The Morgan fingerprint density at radius 3 is 2.30 bits per heavy atom. The van der Waals surface area contributed by atoms with Crippen LogP contribution in [0.1, 0.15) is 34.1 Å². The van der Waals surface area contributed by atoms with E-state index < -0.39 is 6.04 Å². The summed E-state index contributed by atoms with van der Waals surface area (Å²) in [5, 5.41) is 0. The molecule has 2 N–H and O–H groups in total. The number of hydrogen-bond acceptors (Lipinski definition) is 4. The predicted octanol–water partition coefficient (Wildman–Crippen LogP) is 2.76. The smallest absolute Gasteiger partial charge is 0.323 e. The normalized spacial score (nSPS) is 15.5. The molecule has 1 rings (SSSR count). The lowest BCUT2D eigenvalue weighted by Gasteiger charge is -2.28. The van der Waals surface area contributed by atoms with Crippen LogP contribution in [-0.2, 0) is 9.53 Å². The van der Waals surface area contributed by atoms with Crippen molar-refractivity contribution in [2.45, 2.75) is 52.4 Å². The fourth-order valence-corrected chi connectivity index (χ4v) is 1.93. The van der Waals surface area contributed by atoms with Gasteiger partial charge in [0.1, 0.15) is 24.0 Å². The topological polar surface area (TPSA) is 61.6 Å². The van der Waals surface area contributed by atoms with E-state index in [0.717, 1.165) is 5.75 Å². The first-order valence-electron chi connectivity index (χ1n) is 7.13. The van der Waals surface area contributed by atoms with Gasteiger partial charge in [-0.3, -0.25) is 4.79 Å². The SMILES string of the molecule is CC[C@H](N)C(=O)O[C@@H](C)[C@H](Oc1ccccc1)C(C)C. The first-order chi connectivity index (χ1) is 9.45. The molecule has 0 aliphatic rings. The average molecular weight is 279 g/mol. The summed E-state index contributed by atoms with van der Waals surface area (Å²) in [6.45, 7) is 7.78. The maximum atomic E-state index is 11.8. The minimum Gasteiger partial charge on any atom is -0.486 e. The monoisotopic (exact) mass is 279 g/mol. The molecule has 3 atom stereocenters. The minimum atomic E-state index is -0.568. The third-order valence-electron chi connectivity index (χ3n) is 3.18. The highest BCUT2D eigenvalue weighted by atomic mass is 16.6. The van der Waals surface area contributed by atoms with E-state index in [9.17, 15) is 4.79 Å². The van der Waals surface area contributed by atoms with Crippen molar-refractivity contribution in [3.8, 4) is 5.75 Å². The van der Waals surface area contributed by atoms with Crippen molar-refractivity contribution in [2.24, 2.45) is 11.7 Å². The quantitative estimate of drug-likeness (QED) is 0.780. The third-order valence-corrected chi connectivity index (χ3v) is 3.18. The molecule has 0 aliphatic heterocycles. The van der Waals surface area contributed by atoms with E-state index in [1.807, 2.05) is 58.0 Å². The van der Waals surface area contributed by atoms with E-state index in [2.05, 4.69) is 0 Å². The summed E-state index contributed by atoms with van der Waals surface area (Å²) in [6.07, 6.45) is 0.0166. The van der Waals surface area contributed by atoms with Gasteiger partial charge >= 0.3 is 5.97 Å². The van der Waals surface area contributed by atoms with Crippen LogP contribution in [0.3, 0.4) is 0 Å². The molecular formula is C16H25NO3. The van der Waals surface area contributed by atoms with Gasteiger partial charge < -0.3 is 15.2 Å². The van der Waals surface area contributed by atoms with E-state index >= 15 is 0 Å². The lowest BCUT2D eigenvalue weighted by atomic mass is 10.0. The van der Waals surface area contributed by atoms with Crippen LogP contribution in [0.5, 0.6) is 5.75 Å². The molecule has 0 radical (unpaired) electrons. The Morgan fingerprint density at radius 1 is 1.20 bits per heavy atom. The van der Waals surface area contributed by atoms with Crippen LogP contribution in [0.4, 0.5) is 0 Å². The van der Waals surface area contributed by atoms with Gasteiger partial charge in [-0.1, -0.05) is 39.0 Å². The van der Waals surface area contributed by atoms with Gasteiger partial charge in [0.05, 0.1) is 0 Å². The number of nitrogens with two attached hydrogens (primary N) is 1. The van der Waals surface area contributed by atoms with Crippen molar-refractivity contribution in [3.05, 3.63) is 30.3 Å². The molecule has 0 amide bonds. The molecule has 0 saturated heterocycles. The number of esters is 1. The summed E-state index contributed by atoms with van der Waals surface area (Å²) in [6, 6.07) is 8.97. The van der Waals surface area contributed by atoms with Gasteiger partial charge in [0.25, 0.3) is 0 Å². The van der Waals surface area contributed by atoms with Crippen LogP contribution in [0.2, 0.25) is 0 Å². The Morgan fingerprint density at radius 2 is 1.80 bits per heavy atom. The molecule has 0 saturated carbocycles. The molecule has 0 heterocycles. The fourth-order valence-electron chi connectivity index (χ4n) is 1.93. The van der Waals surface area contributed by atoms with Crippen molar-refractivity contribution < 1.29 is 14.3 Å². The van der Waals surface area contributed by atoms with Gasteiger partial charge in [0.2, 0.25) is 0 Å². The molecule has 0 bridgehead atoms. The molecule has 0 aromatic heterocycles. The Hall–Kier alpha value is -1.55. The van der Waals surface area contributed by atoms with Gasteiger partial charge in [-0.15, -0.1) is 0 Å². The van der Waals surface area contributed by atoms with Crippen molar-refractivity contribution in [1.29, 1.82) is 0 Å². The lowest BCUT2D eigenvalue weighted by Crippen LogP contribution is -2.41. The standard InChI is InChI=1S/C16H25NO3/c1-5-14(17)16(18)19-12(4)15(11(2)3)20-13-9-7-6-8-10-13/h6-12,14-15H,5,17H2,1-4H3/t12-,14-,15+/m0/s1. The Kier molecular flexibility index (Phi) is 6.52. The van der Waals surface area contributed by atoms with Crippen LogP contribution in [-0.4, -0.2) is 24.2 Å². The van der Waals surface area contributed by atoms with Crippen LogP contribution < -0.4 is 10.5 Å². The zero-order chi connectivity index (χ0) is 15.1. The fraction of sp³-hybridized carbons (Fsp3) is 0.562. The van der Waals surface area contributed by atoms with Gasteiger partial charge in [0, 0.05) is 0 Å². The molecular weight excluding hydrogens is 254 g/mol. The number of benzene rings is 1. The van der Waals surface area contributed by atoms with Gasteiger partial charge in [-0.25, -0.2) is 0 Å². The summed E-state index contributed by atoms with van der Waals surface area (Å²) >= 11 is 0. The Labute approximate surface area is 121 Å². The number of carbonyl (C=O) groups excluding carboxylic acids is 1. The highest BCUT2D eigenvalue weighted by Crippen LogP contribution is 2.19. The Balaban J connectivity index is 2.68.